The van der Waals surface area contributed by atoms with Crippen molar-refractivity contribution in [3.8, 4) is 0 Å². The molecule has 0 amide bonds. The Kier molecular flexibility index (Phi) is 7.40. The number of aliphatic hydroxyl groups is 2. The fourth-order valence-corrected chi connectivity index (χ4v) is 3.67. The van der Waals surface area contributed by atoms with Crippen LogP contribution in [0.25, 0.3) is 0 Å². The normalized spacial score (nSPS) is 34.6. The topological polar surface area (TPSA) is 119 Å². The monoisotopic (exact) mass is 372 g/mol. The molecule has 8 heteroatoms. The van der Waals surface area contributed by atoms with Crippen LogP contribution in [0.1, 0.15) is 52.4 Å². The van der Waals surface area contributed by atoms with E-state index in [4.69, 9.17) is 14.2 Å². The standard InChI is InChI=1S/C18H28O8/c1-10(19)25-16-7-12(3-5-14(16)21)9-24-18(23)13-4-6-15(22)17(8-13)26-11(2)20/h12-17,21-22H,3-9H2,1-2H3. The van der Waals surface area contributed by atoms with Crippen molar-refractivity contribution < 1.29 is 38.8 Å². The first kappa shape index (κ1) is 20.6. The summed E-state index contributed by atoms with van der Waals surface area (Å²) in [6.07, 6.45) is 0.0456. The molecule has 0 aromatic rings. The number of hydrogen-bond donors (Lipinski definition) is 2. The van der Waals surface area contributed by atoms with Gasteiger partial charge in [0.2, 0.25) is 0 Å². The summed E-state index contributed by atoms with van der Waals surface area (Å²) in [6.45, 7) is 2.76. The average molecular weight is 372 g/mol. The van der Waals surface area contributed by atoms with Gasteiger partial charge in [0.15, 0.2) is 0 Å². The van der Waals surface area contributed by atoms with Crippen LogP contribution >= 0.6 is 0 Å². The van der Waals surface area contributed by atoms with E-state index in [1.165, 1.54) is 13.8 Å². The van der Waals surface area contributed by atoms with E-state index in [1.54, 1.807) is 0 Å². The molecule has 2 N–H and O–H groups in total. The van der Waals surface area contributed by atoms with Gasteiger partial charge in [0, 0.05) is 20.3 Å². The number of ether oxygens (including phenoxy) is 3. The summed E-state index contributed by atoms with van der Waals surface area (Å²) < 4.78 is 15.6. The Morgan fingerprint density at radius 1 is 0.846 bits per heavy atom. The quantitative estimate of drug-likeness (QED) is 0.535. The molecule has 0 saturated heterocycles. The first-order valence-electron chi connectivity index (χ1n) is 9.13. The maximum absolute atomic E-state index is 12.3. The van der Waals surface area contributed by atoms with Crippen molar-refractivity contribution in [1.82, 2.24) is 0 Å². The van der Waals surface area contributed by atoms with Gasteiger partial charge in [0.25, 0.3) is 0 Å². The van der Waals surface area contributed by atoms with Crippen LogP contribution in [0.15, 0.2) is 0 Å². The highest BCUT2D eigenvalue weighted by atomic mass is 16.6. The molecule has 148 valence electrons. The fourth-order valence-electron chi connectivity index (χ4n) is 3.67. The van der Waals surface area contributed by atoms with Crippen LogP contribution in [0, 0.1) is 11.8 Å². The summed E-state index contributed by atoms with van der Waals surface area (Å²) in [5.74, 6) is -1.69. The lowest BCUT2D eigenvalue weighted by Gasteiger charge is -2.33. The van der Waals surface area contributed by atoms with Crippen LogP contribution in [0.5, 0.6) is 0 Å². The molecule has 0 radical (unpaired) electrons. The van der Waals surface area contributed by atoms with E-state index in [0.29, 0.717) is 32.1 Å². The third-order valence-electron chi connectivity index (χ3n) is 5.05. The van der Waals surface area contributed by atoms with Gasteiger partial charge in [-0.05, 0) is 38.0 Å². The molecule has 6 unspecified atom stereocenters. The zero-order valence-electron chi connectivity index (χ0n) is 15.3. The zero-order valence-corrected chi connectivity index (χ0v) is 15.3. The van der Waals surface area contributed by atoms with Crippen molar-refractivity contribution in [3.63, 3.8) is 0 Å². The summed E-state index contributed by atoms with van der Waals surface area (Å²) in [7, 11) is 0. The number of hydrogen-bond acceptors (Lipinski definition) is 8. The van der Waals surface area contributed by atoms with Gasteiger partial charge in [-0.1, -0.05) is 0 Å². The minimum atomic E-state index is -0.757. The molecule has 0 aliphatic heterocycles. The van der Waals surface area contributed by atoms with E-state index in [9.17, 15) is 24.6 Å². The minimum absolute atomic E-state index is 0.0187. The molecule has 2 aliphatic carbocycles. The van der Waals surface area contributed by atoms with E-state index in [-0.39, 0.29) is 24.9 Å². The Labute approximate surface area is 152 Å². The van der Waals surface area contributed by atoms with Gasteiger partial charge in [-0.3, -0.25) is 14.4 Å². The SMILES string of the molecule is CC(=O)OC1CC(COC(=O)C2CCC(O)C(OC(C)=O)C2)CCC1O. The molecule has 0 spiro atoms. The molecule has 0 aromatic heterocycles. The zero-order chi connectivity index (χ0) is 19.3. The Morgan fingerprint density at radius 2 is 1.38 bits per heavy atom. The highest BCUT2D eigenvalue weighted by molar-refractivity contribution is 5.73. The first-order chi connectivity index (χ1) is 12.3. The Morgan fingerprint density at radius 3 is 1.96 bits per heavy atom. The smallest absolute Gasteiger partial charge is 0.309 e. The van der Waals surface area contributed by atoms with Crippen LogP contribution < -0.4 is 0 Å². The van der Waals surface area contributed by atoms with Gasteiger partial charge in [0.05, 0.1) is 24.7 Å². The highest BCUT2D eigenvalue weighted by Crippen LogP contribution is 2.30. The number of rotatable bonds is 5. The molecular weight excluding hydrogens is 344 g/mol. The van der Waals surface area contributed by atoms with Crippen LogP contribution in [0.3, 0.4) is 0 Å². The first-order valence-corrected chi connectivity index (χ1v) is 9.13. The van der Waals surface area contributed by atoms with E-state index in [2.05, 4.69) is 0 Å². The molecule has 0 heterocycles. The van der Waals surface area contributed by atoms with Crippen LogP contribution in [-0.2, 0) is 28.6 Å². The maximum Gasteiger partial charge on any atom is 0.309 e. The maximum atomic E-state index is 12.3. The molecule has 2 rings (SSSR count). The predicted molar refractivity (Wildman–Crippen MR) is 88.8 cm³/mol. The van der Waals surface area contributed by atoms with Crippen LogP contribution in [0.2, 0.25) is 0 Å². The number of aliphatic hydroxyl groups excluding tert-OH is 2. The lowest BCUT2D eigenvalue weighted by atomic mass is 9.84. The van der Waals surface area contributed by atoms with Gasteiger partial charge in [-0.2, -0.15) is 0 Å². The van der Waals surface area contributed by atoms with Crippen LogP contribution in [-0.4, -0.2) is 59.1 Å². The third-order valence-corrected chi connectivity index (χ3v) is 5.05. The highest BCUT2D eigenvalue weighted by Gasteiger charge is 2.37. The molecule has 2 fully saturated rings. The fraction of sp³-hybridized carbons (Fsp3) is 0.833. The lowest BCUT2D eigenvalue weighted by molar-refractivity contribution is -0.166. The predicted octanol–water partition coefficient (Wildman–Crippen LogP) is 0.715. The number of carbonyl (C=O) groups is 3. The van der Waals surface area contributed by atoms with E-state index < -0.39 is 42.3 Å². The molecule has 2 saturated carbocycles. The second-order valence-electron chi connectivity index (χ2n) is 7.25. The summed E-state index contributed by atoms with van der Waals surface area (Å²) in [5.41, 5.74) is 0. The largest absolute Gasteiger partial charge is 0.465 e. The summed E-state index contributed by atoms with van der Waals surface area (Å²) in [5, 5.41) is 19.8. The Bertz CT molecular complexity index is 519. The van der Waals surface area contributed by atoms with Gasteiger partial charge < -0.3 is 24.4 Å². The van der Waals surface area contributed by atoms with Crippen molar-refractivity contribution in [1.29, 1.82) is 0 Å². The Hall–Kier alpha value is -1.67. The summed E-state index contributed by atoms with van der Waals surface area (Å²) in [6, 6.07) is 0. The van der Waals surface area contributed by atoms with Gasteiger partial charge >= 0.3 is 17.9 Å². The van der Waals surface area contributed by atoms with Crippen molar-refractivity contribution in [2.24, 2.45) is 11.8 Å². The third kappa shape index (κ3) is 5.95. The molecule has 0 bridgehead atoms. The van der Waals surface area contributed by atoms with E-state index in [0.717, 1.165) is 0 Å². The second kappa shape index (κ2) is 9.32. The van der Waals surface area contributed by atoms with E-state index >= 15 is 0 Å². The molecule has 8 nitrogen and oxygen atoms in total. The molecule has 2 aliphatic rings. The molecule has 26 heavy (non-hydrogen) atoms. The van der Waals surface area contributed by atoms with Crippen molar-refractivity contribution >= 4 is 17.9 Å². The second-order valence-corrected chi connectivity index (χ2v) is 7.25. The Balaban J connectivity index is 1.80. The summed E-state index contributed by atoms with van der Waals surface area (Å²) in [4.78, 5) is 34.5. The molecular formula is C18H28O8. The van der Waals surface area contributed by atoms with Gasteiger partial charge in [-0.15, -0.1) is 0 Å². The van der Waals surface area contributed by atoms with Crippen molar-refractivity contribution in [2.75, 3.05) is 6.61 Å². The van der Waals surface area contributed by atoms with Crippen molar-refractivity contribution in [3.05, 3.63) is 0 Å². The number of carbonyl (C=O) groups excluding carboxylic acids is 3. The van der Waals surface area contributed by atoms with Crippen molar-refractivity contribution in [2.45, 2.75) is 76.8 Å². The molecule has 6 atom stereocenters. The minimum Gasteiger partial charge on any atom is -0.465 e. The van der Waals surface area contributed by atoms with Gasteiger partial charge in [-0.25, -0.2) is 0 Å². The lowest BCUT2D eigenvalue weighted by Crippen LogP contribution is -2.41. The average Bonchev–Trinajstić information content (AvgIpc) is 2.56. The van der Waals surface area contributed by atoms with E-state index in [1.807, 2.05) is 0 Å². The van der Waals surface area contributed by atoms with Gasteiger partial charge in [0.1, 0.15) is 12.2 Å². The molecule has 0 aromatic carbocycles. The van der Waals surface area contributed by atoms with Crippen LogP contribution in [0.4, 0.5) is 0 Å². The number of esters is 3. The summed E-state index contributed by atoms with van der Waals surface area (Å²) >= 11 is 0.